The van der Waals surface area contributed by atoms with Gasteiger partial charge < -0.3 is 16.0 Å². The molecule has 3 aliphatic rings. The number of urea groups is 1. The van der Waals surface area contributed by atoms with Crippen molar-refractivity contribution < 1.29 is 9.59 Å². The van der Waals surface area contributed by atoms with Crippen molar-refractivity contribution >= 4 is 11.9 Å². The molecule has 0 radical (unpaired) electrons. The number of nitrogens with two attached hydrogens (primary N) is 1. The van der Waals surface area contributed by atoms with Crippen molar-refractivity contribution in [3.8, 4) is 0 Å². The summed E-state index contributed by atoms with van der Waals surface area (Å²) in [6.07, 6.45) is 6.26. The van der Waals surface area contributed by atoms with Gasteiger partial charge in [-0.15, -0.1) is 0 Å². The predicted molar refractivity (Wildman–Crippen MR) is 93.4 cm³/mol. The zero-order valence-electron chi connectivity index (χ0n) is 15.0. The third kappa shape index (κ3) is 3.68. The molecule has 3 amide bonds. The van der Waals surface area contributed by atoms with Crippen molar-refractivity contribution in [3.05, 3.63) is 0 Å². The van der Waals surface area contributed by atoms with Crippen LogP contribution in [0.2, 0.25) is 0 Å². The summed E-state index contributed by atoms with van der Waals surface area (Å²) < 4.78 is 0. The molecule has 3 rings (SSSR count). The predicted octanol–water partition coefficient (Wildman–Crippen LogP) is 1.40. The van der Waals surface area contributed by atoms with Gasteiger partial charge in [-0.3, -0.25) is 9.69 Å². The number of hydrogen-bond acceptors (Lipinski definition) is 3. The average molecular weight is 336 g/mol. The SMILES string of the molecule is C[C@H](NC(=O)[C@H](C)N1CCCN(C(N)=O)CC1)[C@@H]1C[C@H]2CC[C@H]1C2. The van der Waals surface area contributed by atoms with Crippen LogP contribution in [0.15, 0.2) is 0 Å². The van der Waals surface area contributed by atoms with Crippen LogP contribution in [0, 0.1) is 17.8 Å². The zero-order chi connectivity index (χ0) is 17.3. The molecule has 0 aromatic heterocycles. The van der Waals surface area contributed by atoms with Crippen LogP contribution in [0.5, 0.6) is 0 Å². The number of hydrogen-bond donors (Lipinski definition) is 2. The molecule has 0 aromatic carbocycles. The Morgan fingerprint density at radius 2 is 1.88 bits per heavy atom. The molecule has 136 valence electrons. The number of amides is 3. The molecule has 2 bridgehead atoms. The highest BCUT2D eigenvalue weighted by atomic mass is 16.2. The lowest BCUT2D eigenvalue weighted by Gasteiger charge is -2.32. The second-order valence-corrected chi connectivity index (χ2v) is 8.03. The molecule has 1 saturated heterocycles. The number of nitrogens with zero attached hydrogens (tertiary/aromatic N) is 2. The third-order valence-electron chi connectivity index (χ3n) is 6.57. The molecular weight excluding hydrogens is 304 g/mol. The van der Waals surface area contributed by atoms with E-state index in [1.807, 2.05) is 6.92 Å². The minimum Gasteiger partial charge on any atom is -0.352 e. The summed E-state index contributed by atoms with van der Waals surface area (Å²) >= 11 is 0. The van der Waals surface area contributed by atoms with Crippen molar-refractivity contribution in [1.29, 1.82) is 0 Å². The van der Waals surface area contributed by atoms with Crippen LogP contribution in [0.1, 0.15) is 46.0 Å². The van der Waals surface area contributed by atoms with Crippen molar-refractivity contribution in [1.82, 2.24) is 15.1 Å². The minimum atomic E-state index is -0.362. The Labute approximate surface area is 145 Å². The third-order valence-corrected chi connectivity index (χ3v) is 6.57. The summed E-state index contributed by atoms with van der Waals surface area (Å²) in [6.45, 7) is 6.98. The van der Waals surface area contributed by atoms with Crippen LogP contribution >= 0.6 is 0 Å². The van der Waals surface area contributed by atoms with Crippen molar-refractivity contribution in [2.75, 3.05) is 26.2 Å². The number of primary amides is 1. The number of rotatable bonds is 4. The quantitative estimate of drug-likeness (QED) is 0.814. The normalized spacial score (nSPS) is 33.1. The molecule has 1 aliphatic heterocycles. The molecule has 24 heavy (non-hydrogen) atoms. The Morgan fingerprint density at radius 3 is 2.50 bits per heavy atom. The highest BCUT2D eigenvalue weighted by Gasteiger charge is 2.42. The minimum absolute atomic E-state index is 0.123. The fourth-order valence-corrected chi connectivity index (χ4v) is 5.07. The van der Waals surface area contributed by atoms with Crippen LogP contribution in [0.25, 0.3) is 0 Å². The maximum absolute atomic E-state index is 12.7. The molecule has 0 spiro atoms. The lowest BCUT2D eigenvalue weighted by atomic mass is 9.84. The Balaban J connectivity index is 1.50. The lowest BCUT2D eigenvalue weighted by molar-refractivity contribution is -0.127. The van der Waals surface area contributed by atoms with Gasteiger partial charge in [0.05, 0.1) is 6.04 Å². The summed E-state index contributed by atoms with van der Waals surface area (Å²) in [5.41, 5.74) is 5.37. The average Bonchev–Trinajstić information content (AvgIpc) is 3.09. The van der Waals surface area contributed by atoms with Gasteiger partial charge in [0, 0.05) is 32.2 Å². The molecule has 1 heterocycles. The summed E-state index contributed by atoms with van der Waals surface area (Å²) in [7, 11) is 0. The van der Waals surface area contributed by atoms with Gasteiger partial charge in [-0.05, 0) is 57.3 Å². The molecule has 2 aliphatic carbocycles. The molecule has 6 nitrogen and oxygen atoms in total. The van der Waals surface area contributed by atoms with Crippen LogP contribution in [-0.4, -0.2) is 60.0 Å². The van der Waals surface area contributed by atoms with E-state index in [1.54, 1.807) is 4.90 Å². The van der Waals surface area contributed by atoms with E-state index in [0.29, 0.717) is 25.6 Å². The van der Waals surface area contributed by atoms with E-state index in [0.717, 1.165) is 24.8 Å². The molecular formula is C18H32N4O2. The fourth-order valence-electron chi connectivity index (χ4n) is 5.07. The first kappa shape index (κ1) is 17.5. The van der Waals surface area contributed by atoms with Crippen LogP contribution in [-0.2, 0) is 4.79 Å². The summed E-state index contributed by atoms with van der Waals surface area (Å²) in [4.78, 5) is 27.8. The van der Waals surface area contributed by atoms with E-state index < -0.39 is 0 Å². The second-order valence-electron chi connectivity index (χ2n) is 8.03. The van der Waals surface area contributed by atoms with E-state index in [1.165, 1.54) is 25.7 Å². The Kier molecular flexibility index (Phi) is 5.33. The van der Waals surface area contributed by atoms with E-state index in [-0.39, 0.29) is 24.0 Å². The lowest BCUT2D eigenvalue weighted by Crippen LogP contribution is -2.50. The van der Waals surface area contributed by atoms with Gasteiger partial charge in [0.2, 0.25) is 5.91 Å². The first-order chi connectivity index (χ1) is 11.5. The van der Waals surface area contributed by atoms with Crippen LogP contribution < -0.4 is 11.1 Å². The number of fused-ring (bicyclic) bond motifs is 2. The van der Waals surface area contributed by atoms with Gasteiger partial charge in [0.1, 0.15) is 0 Å². The number of carbonyl (C=O) groups excluding carboxylic acids is 2. The molecule has 5 atom stereocenters. The monoisotopic (exact) mass is 336 g/mol. The van der Waals surface area contributed by atoms with Gasteiger partial charge in [0.15, 0.2) is 0 Å². The molecule has 3 N–H and O–H groups in total. The number of nitrogens with one attached hydrogen (secondary N) is 1. The van der Waals surface area contributed by atoms with Gasteiger partial charge in [0.25, 0.3) is 0 Å². The van der Waals surface area contributed by atoms with Gasteiger partial charge >= 0.3 is 6.03 Å². The highest BCUT2D eigenvalue weighted by Crippen LogP contribution is 2.49. The van der Waals surface area contributed by atoms with Gasteiger partial charge in [-0.25, -0.2) is 4.79 Å². The maximum atomic E-state index is 12.7. The summed E-state index contributed by atoms with van der Waals surface area (Å²) in [5, 5.41) is 3.27. The Morgan fingerprint density at radius 1 is 1.08 bits per heavy atom. The first-order valence-corrected chi connectivity index (χ1v) is 9.54. The van der Waals surface area contributed by atoms with E-state index in [9.17, 15) is 9.59 Å². The Bertz CT molecular complexity index is 484. The molecule has 2 saturated carbocycles. The molecule has 6 heteroatoms. The van der Waals surface area contributed by atoms with Crippen molar-refractivity contribution in [2.24, 2.45) is 23.5 Å². The van der Waals surface area contributed by atoms with Crippen LogP contribution in [0.3, 0.4) is 0 Å². The van der Waals surface area contributed by atoms with Gasteiger partial charge in [-0.2, -0.15) is 0 Å². The van der Waals surface area contributed by atoms with E-state index in [4.69, 9.17) is 5.73 Å². The summed E-state index contributed by atoms with van der Waals surface area (Å²) in [5.74, 6) is 2.51. The molecule has 0 unspecified atom stereocenters. The standard InChI is InChI=1S/C18H32N4O2/c1-12(16-11-14-4-5-15(16)10-14)20-17(23)13(2)21-6-3-7-22(9-8-21)18(19)24/h12-16H,3-11H2,1-2H3,(H2,19,24)(H,20,23)/t12-,13-,14-,15-,16-/m0/s1. The maximum Gasteiger partial charge on any atom is 0.314 e. The van der Waals surface area contributed by atoms with E-state index >= 15 is 0 Å². The summed E-state index contributed by atoms with van der Waals surface area (Å²) in [6, 6.07) is -0.248. The molecule has 3 fully saturated rings. The smallest absolute Gasteiger partial charge is 0.314 e. The topological polar surface area (TPSA) is 78.7 Å². The van der Waals surface area contributed by atoms with Crippen molar-refractivity contribution in [3.63, 3.8) is 0 Å². The second kappa shape index (κ2) is 7.30. The van der Waals surface area contributed by atoms with Crippen molar-refractivity contribution in [2.45, 2.75) is 58.0 Å². The number of carbonyl (C=O) groups is 2. The van der Waals surface area contributed by atoms with Gasteiger partial charge in [-0.1, -0.05) is 6.42 Å². The zero-order valence-corrected chi connectivity index (χ0v) is 15.0. The first-order valence-electron chi connectivity index (χ1n) is 9.54. The van der Waals surface area contributed by atoms with E-state index in [2.05, 4.69) is 17.1 Å². The highest BCUT2D eigenvalue weighted by molar-refractivity contribution is 5.81. The Hall–Kier alpha value is -1.30. The largest absolute Gasteiger partial charge is 0.352 e. The fraction of sp³-hybridized carbons (Fsp3) is 0.889. The molecule has 0 aromatic rings. The van der Waals surface area contributed by atoms with Crippen LogP contribution in [0.4, 0.5) is 4.79 Å².